The molecule has 1 aromatic heterocycles. The molecule has 0 radical (unpaired) electrons. The SMILES string of the molecule is O=c1nc(Nc2cccc(O)c2)[nH]c(=O)[nH]1. The Bertz CT molecular complexity index is 588. The maximum absolute atomic E-state index is 10.9. The molecular formula is C9H8N4O3. The summed E-state index contributed by atoms with van der Waals surface area (Å²) in [7, 11) is 0. The molecule has 0 amide bonds. The number of aromatic amines is 2. The third kappa shape index (κ3) is 2.27. The van der Waals surface area contributed by atoms with Crippen molar-refractivity contribution in [1.29, 1.82) is 0 Å². The molecule has 0 bridgehead atoms. The standard InChI is InChI=1S/C9H8N4O3/c14-6-3-1-2-5(4-6)10-7-11-8(15)13-9(16)12-7/h1-4,14H,(H3,10,11,12,13,15,16). The van der Waals surface area contributed by atoms with E-state index >= 15 is 0 Å². The largest absolute Gasteiger partial charge is 0.508 e. The molecule has 16 heavy (non-hydrogen) atoms. The maximum atomic E-state index is 10.9. The highest BCUT2D eigenvalue weighted by molar-refractivity contribution is 5.54. The summed E-state index contributed by atoms with van der Waals surface area (Å²) in [4.78, 5) is 29.6. The lowest BCUT2D eigenvalue weighted by atomic mass is 10.3. The molecule has 1 aromatic carbocycles. The Kier molecular flexibility index (Phi) is 2.42. The summed E-state index contributed by atoms with van der Waals surface area (Å²) < 4.78 is 0. The molecule has 4 N–H and O–H groups in total. The molecule has 0 spiro atoms. The quantitative estimate of drug-likeness (QED) is 0.565. The molecule has 0 unspecified atom stereocenters. The minimum absolute atomic E-state index is 0.0133. The number of hydrogen-bond donors (Lipinski definition) is 4. The molecule has 0 saturated carbocycles. The summed E-state index contributed by atoms with van der Waals surface area (Å²) in [6.07, 6.45) is 0. The first kappa shape index (κ1) is 9.97. The molecule has 0 aliphatic carbocycles. The van der Waals surface area contributed by atoms with E-state index in [1.54, 1.807) is 12.1 Å². The minimum atomic E-state index is -0.744. The maximum Gasteiger partial charge on any atom is 0.352 e. The number of aromatic nitrogens is 3. The molecule has 0 aliphatic rings. The molecule has 7 nitrogen and oxygen atoms in total. The number of nitrogens with one attached hydrogen (secondary N) is 3. The summed E-state index contributed by atoms with van der Waals surface area (Å²) in [5.74, 6) is 0.0801. The van der Waals surface area contributed by atoms with Gasteiger partial charge in [0.2, 0.25) is 5.95 Å². The number of anilines is 2. The second kappa shape index (κ2) is 3.89. The number of hydrogen-bond acceptors (Lipinski definition) is 5. The monoisotopic (exact) mass is 220 g/mol. The third-order valence-electron chi connectivity index (χ3n) is 1.77. The van der Waals surface area contributed by atoms with Gasteiger partial charge < -0.3 is 10.4 Å². The first-order chi connectivity index (χ1) is 7.63. The predicted octanol–water partition coefficient (Wildman–Crippen LogP) is -0.0926. The topological polar surface area (TPSA) is 111 Å². The number of phenols is 1. The second-order valence-corrected chi connectivity index (χ2v) is 3.02. The number of nitrogens with zero attached hydrogens (tertiary/aromatic N) is 1. The zero-order valence-corrected chi connectivity index (χ0v) is 8.02. The molecule has 0 saturated heterocycles. The molecule has 0 atom stereocenters. The minimum Gasteiger partial charge on any atom is -0.508 e. The van der Waals surface area contributed by atoms with E-state index in [1.165, 1.54) is 12.1 Å². The molecule has 0 fully saturated rings. The molecule has 7 heteroatoms. The van der Waals surface area contributed by atoms with E-state index in [0.29, 0.717) is 5.69 Å². The highest BCUT2D eigenvalue weighted by atomic mass is 16.3. The van der Waals surface area contributed by atoms with Crippen LogP contribution in [-0.4, -0.2) is 20.1 Å². The number of benzene rings is 1. The Morgan fingerprint density at radius 2 is 2.06 bits per heavy atom. The Morgan fingerprint density at radius 3 is 2.75 bits per heavy atom. The summed E-state index contributed by atoms with van der Waals surface area (Å²) in [5.41, 5.74) is -0.886. The Hall–Kier alpha value is -2.57. The van der Waals surface area contributed by atoms with E-state index in [1.807, 2.05) is 4.98 Å². The van der Waals surface area contributed by atoms with Crippen LogP contribution in [-0.2, 0) is 0 Å². The highest BCUT2D eigenvalue weighted by Gasteiger charge is 1.99. The molecule has 2 rings (SSSR count). The van der Waals surface area contributed by atoms with E-state index in [2.05, 4.69) is 15.3 Å². The van der Waals surface area contributed by atoms with Crippen molar-refractivity contribution in [3.05, 3.63) is 45.2 Å². The van der Waals surface area contributed by atoms with Crippen molar-refractivity contribution in [2.24, 2.45) is 0 Å². The van der Waals surface area contributed by atoms with Crippen LogP contribution >= 0.6 is 0 Å². The van der Waals surface area contributed by atoms with Crippen molar-refractivity contribution < 1.29 is 5.11 Å². The van der Waals surface area contributed by atoms with Gasteiger partial charge in [-0.15, -0.1) is 0 Å². The summed E-state index contributed by atoms with van der Waals surface area (Å²) >= 11 is 0. The van der Waals surface area contributed by atoms with Crippen LogP contribution in [0.5, 0.6) is 5.75 Å². The molecule has 2 aromatic rings. The van der Waals surface area contributed by atoms with Crippen LogP contribution in [0, 0.1) is 0 Å². The number of aromatic hydroxyl groups is 1. The lowest BCUT2D eigenvalue weighted by Gasteiger charge is -2.03. The summed E-state index contributed by atoms with van der Waals surface area (Å²) in [5, 5.41) is 11.9. The van der Waals surface area contributed by atoms with E-state index < -0.39 is 11.4 Å². The number of phenolic OH excluding ortho intramolecular Hbond substituents is 1. The van der Waals surface area contributed by atoms with Crippen LogP contribution in [0.4, 0.5) is 11.6 Å². The second-order valence-electron chi connectivity index (χ2n) is 3.02. The van der Waals surface area contributed by atoms with Crippen LogP contribution in [0.25, 0.3) is 0 Å². The highest BCUT2D eigenvalue weighted by Crippen LogP contribution is 2.17. The smallest absolute Gasteiger partial charge is 0.352 e. The van der Waals surface area contributed by atoms with Crippen molar-refractivity contribution in [2.75, 3.05) is 5.32 Å². The van der Waals surface area contributed by atoms with Gasteiger partial charge in [-0.25, -0.2) is 9.59 Å². The zero-order valence-electron chi connectivity index (χ0n) is 8.02. The van der Waals surface area contributed by atoms with Gasteiger partial charge in [0, 0.05) is 11.8 Å². The van der Waals surface area contributed by atoms with Gasteiger partial charge in [-0.1, -0.05) is 6.07 Å². The van der Waals surface area contributed by atoms with Crippen molar-refractivity contribution in [3.8, 4) is 5.75 Å². The number of rotatable bonds is 2. The Balaban J connectivity index is 2.34. The van der Waals surface area contributed by atoms with Gasteiger partial charge in [0.1, 0.15) is 5.75 Å². The molecular weight excluding hydrogens is 212 g/mol. The zero-order chi connectivity index (χ0) is 11.5. The Labute approximate surface area is 88.8 Å². The van der Waals surface area contributed by atoms with Crippen LogP contribution in [0.15, 0.2) is 33.9 Å². The van der Waals surface area contributed by atoms with E-state index in [4.69, 9.17) is 0 Å². The fourth-order valence-electron chi connectivity index (χ4n) is 1.17. The number of H-pyrrole nitrogens is 2. The van der Waals surface area contributed by atoms with Gasteiger partial charge in [-0.05, 0) is 12.1 Å². The van der Waals surface area contributed by atoms with E-state index in [9.17, 15) is 14.7 Å². The van der Waals surface area contributed by atoms with Gasteiger partial charge in [0.15, 0.2) is 0 Å². The fourth-order valence-corrected chi connectivity index (χ4v) is 1.17. The van der Waals surface area contributed by atoms with Gasteiger partial charge in [-0.3, -0.25) is 9.97 Å². The lowest BCUT2D eigenvalue weighted by molar-refractivity contribution is 0.475. The van der Waals surface area contributed by atoms with Crippen molar-refractivity contribution in [1.82, 2.24) is 15.0 Å². The Morgan fingerprint density at radius 1 is 1.25 bits per heavy atom. The predicted molar refractivity (Wildman–Crippen MR) is 56.9 cm³/mol. The first-order valence-corrected chi connectivity index (χ1v) is 4.40. The van der Waals surface area contributed by atoms with Crippen molar-refractivity contribution in [3.63, 3.8) is 0 Å². The van der Waals surface area contributed by atoms with Gasteiger partial charge in [0.25, 0.3) is 0 Å². The van der Waals surface area contributed by atoms with Crippen LogP contribution in [0.2, 0.25) is 0 Å². The first-order valence-electron chi connectivity index (χ1n) is 4.40. The van der Waals surface area contributed by atoms with Crippen molar-refractivity contribution >= 4 is 11.6 Å². The van der Waals surface area contributed by atoms with Crippen LogP contribution in [0.1, 0.15) is 0 Å². The average Bonchev–Trinajstić information content (AvgIpc) is 2.15. The van der Waals surface area contributed by atoms with Crippen molar-refractivity contribution in [2.45, 2.75) is 0 Å². The summed E-state index contributed by atoms with van der Waals surface area (Å²) in [6.45, 7) is 0. The van der Waals surface area contributed by atoms with Crippen LogP contribution < -0.4 is 16.7 Å². The molecule has 1 heterocycles. The van der Waals surface area contributed by atoms with Crippen LogP contribution in [0.3, 0.4) is 0 Å². The fraction of sp³-hybridized carbons (Fsp3) is 0. The lowest BCUT2D eigenvalue weighted by Crippen LogP contribution is -2.25. The average molecular weight is 220 g/mol. The van der Waals surface area contributed by atoms with E-state index in [-0.39, 0.29) is 11.7 Å². The van der Waals surface area contributed by atoms with Gasteiger partial charge >= 0.3 is 11.4 Å². The normalized spacial score (nSPS) is 10.0. The molecule has 82 valence electrons. The molecule has 0 aliphatic heterocycles. The third-order valence-corrected chi connectivity index (χ3v) is 1.77. The van der Waals surface area contributed by atoms with Gasteiger partial charge in [-0.2, -0.15) is 4.98 Å². The summed E-state index contributed by atoms with van der Waals surface area (Å²) in [6, 6.07) is 6.20. The van der Waals surface area contributed by atoms with E-state index in [0.717, 1.165) is 0 Å². The van der Waals surface area contributed by atoms with Gasteiger partial charge in [0.05, 0.1) is 0 Å².